The zero-order valence-corrected chi connectivity index (χ0v) is 12.6. The minimum Gasteiger partial charge on any atom is -0.324 e. The Morgan fingerprint density at radius 2 is 1.76 bits per heavy atom. The first-order valence-corrected chi connectivity index (χ1v) is 8.74. The van der Waals surface area contributed by atoms with Crippen molar-refractivity contribution in [3.63, 3.8) is 0 Å². The summed E-state index contributed by atoms with van der Waals surface area (Å²) in [6.07, 6.45) is 0. The van der Waals surface area contributed by atoms with Crippen LogP contribution in [0.15, 0.2) is 18.2 Å². The molecule has 1 saturated heterocycles. The lowest BCUT2D eigenvalue weighted by molar-refractivity contribution is -0.114. The van der Waals surface area contributed by atoms with E-state index in [1.54, 1.807) is 41.7 Å². The number of nitrogens with one attached hydrogen (secondary N) is 1. The molecule has 0 radical (unpaired) electrons. The molecule has 0 spiro atoms. The fourth-order valence-electron chi connectivity index (χ4n) is 1.28. The molecule has 1 heterocycles. The van der Waals surface area contributed by atoms with Crippen molar-refractivity contribution in [2.75, 3.05) is 15.5 Å². The molecule has 1 N–H and O–H groups in total. The summed E-state index contributed by atoms with van der Waals surface area (Å²) >= 11 is 16.9. The fraction of sp³-hybridized carbons (Fsp3) is 0.300. The summed E-state index contributed by atoms with van der Waals surface area (Å²) in [7, 11) is 0. The van der Waals surface area contributed by atoms with Crippen LogP contribution < -0.4 is 5.32 Å². The van der Waals surface area contributed by atoms with Crippen LogP contribution in [-0.2, 0) is 4.79 Å². The van der Waals surface area contributed by atoms with E-state index in [2.05, 4.69) is 5.32 Å². The highest BCUT2D eigenvalue weighted by molar-refractivity contribution is 8.33. The minimum absolute atomic E-state index is 0.00127. The van der Waals surface area contributed by atoms with Crippen molar-refractivity contribution < 1.29 is 4.79 Å². The van der Waals surface area contributed by atoms with Gasteiger partial charge < -0.3 is 5.32 Å². The van der Waals surface area contributed by atoms with Crippen molar-refractivity contribution >= 4 is 70.1 Å². The van der Waals surface area contributed by atoms with Gasteiger partial charge in [-0.1, -0.05) is 23.2 Å². The standard InChI is InChI=1S/C10H9Cl2NOS3/c11-6-1-7(12)3-8(2-6)13-9(14)10-16-4-15-5-17-10/h1-3,10H,4-5H2,(H,13,14). The van der Waals surface area contributed by atoms with Crippen molar-refractivity contribution in [2.24, 2.45) is 0 Å². The van der Waals surface area contributed by atoms with Gasteiger partial charge in [-0.3, -0.25) is 4.79 Å². The Morgan fingerprint density at radius 3 is 2.35 bits per heavy atom. The highest BCUT2D eigenvalue weighted by Crippen LogP contribution is 2.36. The average molecular weight is 326 g/mol. The molecule has 0 saturated carbocycles. The van der Waals surface area contributed by atoms with E-state index in [0.717, 1.165) is 10.2 Å². The SMILES string of the molecule is O=C(Nc1cc(Cl)cc(Cl)c1)C1SCSCS1. The second-order valence-electron chi connectivity index (χ2n) is 3.25. The van der Waals surface area contributed by atoms with Crippen molar-refractivity contribution in [2.45, 2.75) is 4.58 Å². The van der Waals surface area contributed by atoms with Gasteiger partial charge in [-0.2, -0.15) is 0 Å². The second kappa shape index (κ2) is 6.48. The zero-order valence-electron chi connectivity index (χ0n) is 8.61. The monoisotopic (exact) mass is 325 g/mol. The molecule has 2 rings (SSSR count). The van der Waals surface area contributed by atoms with E-state index in [9.17, 15) is 4.79 Å². The molecule has 1 aromatic rings. The van der Waals surface area contributed by atoms with Crippen LogP contribution >= 0.6 is 58.5 Å². The van der Waals surface area contributed by atoms with Crippen molar-refractivity contribution in [1.82, 2.24) is 0 Å². The van der Waals surface area contributed by atoms with Gasteiger partial charge in [0.25, 0.3) is 0 Å². The Balaban J connectivity index is 2.01. The Morgan fingerprint density at radius 1 is 1.18 bits per heavy atom. The van der Waals surface area contributed by atoms with E-state index in [0.29, 0.717) is 15.7 Å². The van der Waals surface area contributed by atoms with Gasteiger partial charge >= 0.3 is 0 Å². The molecule has 92 valence electrons. The molecule has 17 heavy (non-hydrogen) atoms. The summed E-state index contributed by atoms with van der Waals surface area (Å²) in [5.74, 6) is -0.00127. The lowest BCUT2D eigenvalue weighted by Gasteiger charge is -2.19. The molecule has 1 fully saturated rings. The Labute approximate surface area is 123 Å². The first kappa shape index (κ1) is 13.7. The van der Waals surface area contributed by atoms with Crippen LogP contribution in [0, 0.1) is 0 Å². The summed E-state index contributed by atoms with van der Waals surface area (Å²) in [4.78, 5) is 11.9. The maximum Gasteiger partial charge on any atom is 0.247 e. The molecule has 1 amide bonds. The van der Waals surface area contributed by atoms with Gasteiger partial charge in [0, 0.05) is 25.9 Å². The maximum atomic E-state index is 11.9. The summed E-state index contributed by atoms with van der Waals surface area (Å²) in [6.45, 7) is 0. The molecule has 0 unspecified atom stereocenters. The lowest BCUT2D eigenvalue weighted by Crippen LogP contribution is -2.24. The van der Waals surface area contributed by atoms with Crippen LogP contribution in [0.2, 0.25) is 10.0 Å². The smallest absolute Gasteiger partial charge is 0.247 e. The number of hydrogen-bond acceptors (Lipinski definition) is 4. The van der Waals surface area contributed by atoms with Crippen LogP contribution in [0.1, 0.15) is 0 Å². The van der Waals surface area contributed by atoms with Crippen LogP contribution in [0.5, 0.6) is 0 Å². The highest BCUT2D eigenvalue weighted by atomic mass is 35.5. The number of carbonyl (C=O) groups excluding carboxylic acids is 1. The minimum atomic E-state index is -0.0472. The lowest BCUT2D eigenvalue weighted by atomic mass is 10.3. The number of halogens is 2. The third kappa shape index (κ3) is 4.17. The number of amides is 1. The predicted molar refractivity (Wildman–Crippen MR) is 81.4 cm³/mol. The first-order chi connectivity index (χ1) is 8.15. The molecule has 1 aliphatic heterocycles. The Kier molecular flexibility index (Phi) is 5.24. The largest absolute Gasteiger partial charge is 0.324 e. The third-order valence-electron chi connectivity index (χ3n) is 1.95. The van der Waals surface area contributed by atoms with Crippen LogP contribution in [0.3, 0.4) is 0 Å². The number of benzene rings is 1. The maximum absolute atomic E-state index is 11.9. The molecule has 2 nitrogen and oxygen atoms in total. The predicted octanol–water partition coefficient (Wildman–Crippen LogP) is 4.39. The number of thioether (sulfide) groups is 3. The summed E-state index contributed by atoms with van der Waals surface area (Å²) in [5.41, 5.74) is 0.645. The van der Waals surface area contributed by atoms with Crippen LogP contribution in [0.25, 0.3) is 0 Å². The number of rotatable bonds is 2. The fourth-order valence-corrected chi connectivity index (χ4v) is 6.26. The second-order valence-corrected chi connectivity index (χ2v) is 8.33. The zero-order chi connectivity index (χ0) is 12.3. The average Bonchev–Trinajstić information content (AvgIpc) is 2.28. The molecule has 0 atom stereocenters. The first-order valence-electron chi connectivity index (χ1n) is 4.73. The van der Waals surface area contributed by atoms with Crippen molar-refractivity contribution in [1.29, 1.82) is 0 Å². The molecular weight excluding hydrogens is 317 g/mol. The molecule has 0 aromatic heterocycles. The number of anilines is 1. The van der Waals surface area contributed by atoms with Gasteiger partial charge in [0.1, 0.15) is 4.58 Å². The quantitative estimate of drug-likeness (QED) is 0.873. The van der Waals surface area contributed by atoms with Gasteiger partial charge in [-0.25, -0.2) is 0 Å². The van der Waals surface area contributed by atoms with Gasteiger partial charge in [0.2, 0.25) is 5.91 Å². The van der Waals surface area contributed by atoms with Crippen molar-refractivity contribution in [3.05, 3.63) is 28.2 Å². The molecular formula is C10H9Cl2NOS3. The van der Waals surface area contributed by atoms with E-state index in [-0.39, 0.29) is 10.5 Å². The van der Waals surface area contributed by atoms with Gasteiger partial charge in [-0.15, -0.1) is 35.3 Å². The van der Waals surface area contributed by atoms with E-state index < -0.39 is 0 Å². The van der Waals surface area contributed by atoms with E-state index >= 15 is 0 Å². The summed E-state index contributed by atoms with van der Waals surface area (Å²) < 4.78 is -0.0472. The number of carbonyl (C=O) groups is 1. The molecule has 1 aliphatic rings. The Bertz CT molecular complexity index is 404. The van der Waals surface area contributed by atoms with Crippen LogP contribution in [-0.4, -0.2) is 20.7 Å². The van der Waals surface area contributed by atoms with Crippen molar-refractivity contribution in [3.8, 4) is 0 Å². The molecule has 0 bridgehead atoms. The van der Waals surface area contributed by atoms with Gasteiger partial charge in [0.05, 0.1) is 0 Å². The number of hydrogen-bond donors (Lipinski definition) is 1. The highest BCUT2D eigenvalue weighted by Gasteiger charge is 2.22. The Hall–Kier alpha value is 0.320. The molecule has 7 heteroatoms. The van der Waals surface area contributed by atoms with E-state index in [4.69, 9.17) is 23.2 Å². The van der Waals surface area contributed by atoms with Crippen LogP contribution in [0.4, 0.5) is 5.69 Å². The normalized spacial score (nSPS) is 16.8. The molecule has 1 aromatic carbocycles. The molecule has 0 aliphatic carbocycles. The van der Waals surface area contributed by atoms with Gasteiger partial charge in [0.15, 0.2) is 0 Å². The third-order valence-corrected chi connectivity index (χ3v) is 6.66. The summed E-state index contributed by atoms with van der Waals surface area (Å²) in [5, 5.41) is 5.80. The summed E-state index contributed by atoms with van der Waals surface area (Å²) in [6, 6.07) is 5.02. The van der Waals surface area contributed by atoms with Gasteiger partial charge in [-0.05, 0) is 18.2 Å². The van der Waals surface area contributed by atoms with E-state index in [1.807, 2.05) is 11.8 Å². The van der Waals surface area contributed by atoms with E-state index in [1.165, 1.54) is 0 Å². The topological polar surface area (TPSA) is 29.1 Å².